The minimum absolute atomic E-state index is 0.187. The first-order chi connectivity index (χ1) is 14.2. The maximum Gasteiger partial charge on any atom is 0.163 e. The molecule has 1 aliphatic rings. The molecule has 0 spiro atoms. The van der Waals surface area contributed by atoms with Gasteiger partial charge in [-0.15, -0.1) is 6.58 Å². The summed E-state index contributed by atoms with van der Waals surface area (Å²) in [6.07, 6.45) is 15.6. The van der Waals surface area contributed by atoms with Crippen molar-refractivity contribution in [2.75, 3.05) is 0 Å². The summed E-state index contributed by atoms with van der Waals surface area (Å²) in [5, 5.41) is 0. The Labute approximate surface area is 176 Å². The van der Waals surface area contributed by atoms with Crippen LogP contribution in [0.3, 0.4) is 0 Å². The van der Waals surface area contributed by atoms with E-state index in [9.17, 15) is 4.79 Å². The van der Waals surface area contributed by atoms with Crippen molar-refractivity contribution in [3.05, 3.63) is 84.5 Å². The van der Waals surface area contributed by atoms with Crippen molar-refractivity contribution in [2.24, 2.45) is 5.92 Å². The van der Waals surface area contributed by atoms with Gasteiger partial charge in [-0.1, -0.05) is 80.1 Å². The van der Waals surface area contributed by atoms with E-state index in [1.165, 1.54) is 55.2 Å². The Kier molecular flexibility index (Phi) is 8.04. The quantitative estimate of drug-likeness (QED) is 0.314. The molecule has 1 heteroatoms. The molecule has 0 N–H and O–H groups in total. The molecular formula is C28H34O. The standard InChI is InChI=1S/C28H34O/c1-3-5-7-8-22-10-12-23(13-11-22)24-14-16-25(17-15-24)26-18-20-27(21-19-26)28(29)9-6-4-2/h4,7-8,14-23H,2-3,5-6,9-13H2,1H3/t22-,23-. The van der Waals surface area contributed by atoms with E-state index in [0.29, 0.717) is 12.3 Å². The van der Waals surface area contributed by atoms with Crippen molar-refractivity contribution in [1.29, 1.82) is 0 Å². The van der Waals surface area contributed by atoms with E-state index in [-0.39, 0.29) is 5.78 Å². The van der Waals surface area contributed by atoms with Crippen LogP contribution in [0.25, 0.3) is 11.1 Å². The van der Waals surface area contributed by atoms with Gasteiger partial charge in [0.2, 0.25) is 0 Å². The molecule has 152 valence electrons. The summed E-state index contributed by atoms with van der Waals surface area (Å²) in [6.45, 7) is 5.92. The molecule has 1 fully saturated rings. The zero-order valence-corrected chi connectivity index (χ0v) is 17.8. The highest BCUT2D eigenvalue weighted by Crippen LogP contribution is 2.37. The molecule has 2 aromatic rings. The van der Waals surface area contributed by atoms with Crippen LogP contribution < -0.4 is 0 Å². The summed E-state index contributed by atoms with van der Waals surface area (Å²) in [6, 6.07) is 17.1. The smallest absolute Gasteiger partial charge is 0.163 e. The molecule has 0 aromatic heterocycles. The van der Waals surface area contributed by atoms with Crippen LogP contribution in [-0.4, -0.2) is 5.78 Å². The van der Waals surface area contributed by atoms with Crippen LogP contribution in [0, 0.1) is 5.92 Å². The number of Topliss-reactive ketones (excluding diaryl/α,β-unsaturated/α-hetero) is 1. The average molecular weight is 387 g/mol. The summed E-state index contributed by atoms with van der Waals surface area (Å²) < 4.78 is 0. The SMILES string of the molecule is C=CCCC(=O)c1ccc(-c2ccc([C@H]3CC[C@H](C=CCCC)CC3)cc2)cc1. The van der Waals surface area contributed by atoms with Gasteiger partial charge in [0.05, 0.1) is 0 Å². The normalized spacial score (nSPS) is 19.3. The van der Waals surface area contributed by atoms with Gasteiger partial charge in [-0.2, -0.15) is 0 Å². The van der Waals surface area contributed by atoms with Gasteiger partial charge in [0.25, 0.3) is 0 Å². The second kappa shape index (κ2) is 11.0. The Morgan fingerprint density at radius 3 is 2.14 bits per heavy atom. The van der Waals surface area contributed by atoms with Gasteiger partial charge in [-0.3, -0.25) is 4.79 Å². The molecule has 0 radical (unpaired) electrons. The Bertz CT molecular complexity index is 802. The minimum Gasteiger partial charge on any atom is -0.294 e. The van der Waals surface area contributed by atoms with Crippen LogP contribution in [0.15, 0.2) is 73.3 Å². The predicted octanol–water partition coefficient (Wildman–Crippen LogP) is 8.13. The van der Waals surface area contributed by atoms with Crippen LogP contribution in [0.5, 0.6) is 0 Å². The lowest BCUT2D eigenvalue weighted by molar-refractivity contribution is 0.0983. The van der Waals surface area contributed by atoms with Crippen LogP contribution >= 0.6 is 0 Å². The van der Waals surface area contributed by atoms with E-state index >= 15 is 0 Å². The average Bonchev–Trinajstić information content (AvgIpc) is 2.78. The number of carbonyl (C=O) groups excluding carboxylic acids is 1. The monoisotopic (exact) mass is 386 g/mol. The first-order valence-corrected chi connectivity index (χ1v) is 11.2. The van der Waals surface area contributed by atoms with Gasteiger partial charge in [-0.25, -0.2) is 0 Å². The Hall–Kier alpha value is -2.41. The highest BCUT2D eigenvalue weighted by Gasteiger charge is 2.20. The lowest BCUT2D eigenvalue weighted by Gasteiger charge is -2.27. The fourth-order valence-electron chi connectivity index (χ4n) is 4.27. The van der Waals surface area contributed by atoms with E-state index in [1.54, 1.807) is 6.08 Å². The zero-order chi connectivity index (χ0) is 20.5. The third-order valence-corrected chi connectivity index (χ3v) is 6.13. The molecule has 3 rings (SSSR count). The van der Waals surface area contributed by atoms with Crippen LogP contribution in [0.1, 0.15) is 80.1 Å². The molecule has 0 unspecified atom stereocenters. The van der Waals surface area contributed by atoms with Gasteiger partial charge >= 0.3 is 0 Å². The van der Waals surface area contributed by atoms with Crippen molar-refractivity contribution in [2.45, 2.75) is 64.2 Å². The summed E-state index contributed by atoms with van der Waals surface area (Å²) >= 11 is 0. The van der Waals surface area contributed by atoms with Crippen LogP contribution in [0.4, 0.5) is 0 Å². The first-order valence-electron chi connectivity index (χ1n) is 11.2. The van der Waals surface area contributed by atoms with Crippen molar-refractivity contribution < 1.29 is 4.79 Å². The van der Waals surface area contributed by atoms with E-state index in [1.807, 2.05) is 12.1 Å². The van der Waals surface area contributed by atoms with E-state index < -0.39 is 0 Å². The summed E-state index contributed by atoms with van der Waals surface area (Å²) in [4.78, 5) is 12.1. The Morgan fingerprint density at radius 2 is 1.55 bits per heavy atom. The van der Waals surface area contributed by atoms with Gasteiger partial charge in [0.15, 0.2) is 5.78 Å². The predicted molar refractivity (Wildman–Crippen MR) is 124 cm³/mol. The van der Waals surface area contributed by atoms with E-state index in [0.717, 1.165) is 17.9 Å². The molecule has 2 aromatic carbocycles. The van der Waals surface area contributed by atoms with Crippen molar-refractivity contribution in [1.82, 2.24) is 0 Å². The fourth-order valence-corrected chi connectivity index (χ4v) is 4.27. The fraction of sp³-hybridized carbons (Fsp3) is 0.393. The number of allylic oxidation sites excluding steroid dienone is 3. The highest BCUT2D eigenvalue weighted by atomic mass is 16.1. The number of benzene rings is 2. The number of carbonyl (C=O) groups is 1. The molecule has 29 heavy (non-hydrogen) atoms. The Balaban J connectivity index is 1.58. The second-order valence-corrected chi connectivity index (χ2v) is 8.28. The molecule has 0 bridgehead atoms. The maximum atomic E-state index is 12.1. The molecule has 0 atom stereocenters. The molecule has 1 saturated carbocycles. The Morgan fingerprint density at radius 1 is 0.931 bits per heavy atom. The number of unbranched alkanes of at least 4 members (excludes halogenated alkanes) is 1. The van der Waals surface area contributed by atoms with Crippen molar-refractivity contribution in [3.8, 4) is 11.1 Å². The van der Waals surface area contributed by atoms with Gasteiger partial charge in [-0.05, 0) is 67.1 Å². The lowest BCUT2D eigenvalue weighted by Crippen LogP contribution is -2.11. The number of rotatable bonds is 9. The molecule has 0 aliphatic heterocycles. The lowest BCUT2D eigenvalue weighted by atomic mass is 9.78. The van der Waals surface area contributed by atoms with E-state index in [2.05, 4.69) is 62.1 Å². The van der Waals surface area contributed by atoms with Gasteiger partial charge in [0, 0.05) is 12.0 Å². The van der Waals surface area contributed by atoms with Crippen LogP contribution in [-0.2, 0) is 0 Å². The molecule has 1 aliphatic carbocycles. The third-order valence-electron chi connectivity index (χ3n) is 6.13. The maximum absolute atomic E-state index is 12.1. The largest absolute Gasteiger partial charge is 0.294 e. The third kappa shape index (κ3) is 6.03. The summed E-state index contributed by atoms with van der Waals surface area (Å²) in [5.41, 5.74) is 4.65. The second-order valence-electron chi connectivity index (χ2n) is 8.28. The minimum atomic E-state index is 0.187. The zero-order valence-electron chi connectivity index (χ0n) is 17.8. The van der Waals surface area contributed by atoms with Crippen molar-refractivity contribution in [3.63, 3.8) is 0 Å². The van der Waals surface area contributed by atoms with Crippen molar-refractivity contribution >= 4 is 5.78 Å². The summed E-state index contributed by atoms with van der Waals surface area (Å²) in [7, 11) is 0. The molecule has 0 saturated heterocycles. The summed E-state index contributed by atoms with van der Waals surface area (Å²) in [5.74, 6) is 1.67. The highest BCUT2D eigenvalue weighted by molar-refractivity contribution is 5.96. The van der Waals surface area contributed by atoms with Crippen LogP contribution in [0.2, 0.25) is 0 Å². The molecule has 0 heterocycles. The molecule has 0 amide bonds. The molecule has 1 nitrogen and oxygen atoms in total. The number of hydrogen-bond donors (Lipinski definition) is 0. The molecular weight excluding hydrogens is 352 g/mol. The van der Waals surface area contributed by atoms with E-state index in [4.69, 9.17) is 0 Å². The van der Waals surface area contributed by atoms with Gasteiger partial charge in [0.1, 0.15) is 0 Å². The number of hydrogen-bond acceptors (Lipinski definition) is 1. The van der Waals surface area contributed by atoms with Gasteiger partial charge < -0.3 is 0 Å². The topological polar surface area (TPSA) is 17.1 Å². The first kappa shape index (κ1) is 21.3. The number of ketones is 1.